The van der Waals surface area contributed by atoms with Gasteiger partial charge in [0.15, 0.2) is 5.79 Å². The first kappa shape index (κ1) is 12.1. The Morgan fingerprint density at radius 1 is 1.38 bits per heavy atom. The predicted molar refractivity (Wildman–Crippen MR) is 69.6 cm³/mol. The van der Waals surface area contributed by atoms with E-state index in [1.807, 2.05) is 38.1 Å². The van der Waals surface area contributed by atoms with Gasteiger partial charge in [0, 0.05) is 3.57 Å². The van der Waals surface area contributed by atoms with Gasteiger partial charge in [0.25, 0.3) is 0 Å². The molecule has 0 bridgehead atoms. The van der Waals surface area contributed by atoms with Crippen molar-refractivity contribution in [2.45, 2.75) is 25.7 Å². The summed E-state index contributed by atoms with van der Waals surface area (Å²) in [6.45, 7) is 4.96. The van der Waals surface area contributed by atoms with Crippen molar-refractivity contribution >= 4 is 22.6 Å². The number of hydrogen-bond donors (Lipinski definition) is 0. The van der Waals surface area contributed by atoms with Crippen LogP contribution in [0.1, 0.15) is 13.8 Å². The van der Waals surface area contributed by atoms with Gasteiger partial charge in [-0.3, -0.25) is 0 Å². The van der Waals surface area contributed by atoms with Crippen molar-refractivity contribution < 1.29 is 14.2 Å². The van der Waals surface area contributed by atoms with Crippen molar-refractivity contribution in [2.24, 2.45) is 0 Å². The molecule has 1 heterocycles. The summed E-state index contributed by atoms with van der Waals surface area (Å²) >= 11 is 2.27. The first-order valence-corrected chi connectivity index (χ1v) is 6.33. The lowest BCUT2D eigenvalue weighted by Crippen LogP contribution is -2.25. The lowest BCUT2D eigenvalue weighted by atomic mass is 10.3. The Morgan fingerprint density at radius 2 is 2.06 bits per heavy atom. The molecule has 1 fully saturated rings. The molecule has 1 unspecified atom stereocenters. The van der Waals surface area contributed by atoms with Gasteiger partial charge in [-0.05, 0) is 60.7 Å². The van der Waals surface area contributed by atoms with Crippen molar-refractivity contribution in [3.05, 3.63) is 27.8 Å². The Hall–Kier alpha value is -0.330. The fourth-order valence-electron chi connectivity index (χ4n) is 1.57. The summed E-state index contributed by atoms with van der Waals surface area (Å²) in [5.41, 5.74) is 0. The van der Waals surface area contributed by atoms with Crippen LogP contribution in [0.5, 0.6) is 5.75 Å². The zero-order valence-corrected chi connectivity index (χ0v) is 11.6. The molecule has 0 saturated carbocycles. The third-order valence-electron chi connectivity index (χ3n) is 2.32. The van der Waals surface area contributed by atoms with E-state index in [2.05, 4.69) is 22.6 Å². The summed E-state index contributed by atoms with van der Waals surface area (Å²) in [5, 5.41) is 0. The first-order chi connectivity index (χ1) is 7.55. The molecule has 1 saturated heterocycles. The standard InChI is InChI=1S/C12H15IO3/c1-12(2)15-8-11(16-12)7-14-10-5-3-9(13)4-6-10/h3-6,11H,7-8H2,1-2H3. The Labute approximate surface area is 109 Å². The van der Waals surface area contributed by atoms with Gasteiger partial charge in [-0.15, -0.1) is 0 Å². The topological polar surface area (TPSA) is 27.7 Å². The number of rotatable bonds is 3. The maximum absolute atomic E-state index is 5.65. The van der Waals surface area contributed by atoms with Gasteiger partial charge in [0.05, 0.1) is 6.61 Å². The highest BCUT2D eigenvalue weighted by molar-refractivity contribution is 14.1. The van der Waals surface area contributed by atoms with E-state index >= 15 is 0 Å². The predicted octanol–water partition coefficient (Wildman–Crippen LogP) is 2.82. The Morgan fingerprint density at radius 3 is 2.62 bits per heavy atom. The molecule has 0 spiro atoms. The molecule has 1 atom stereocenters. The van der Waals surface area contributed by atoms with Crippen LogP contribution in [0.4, 0.5) is 0 Å². The summed E-state index contributed by atoms with van der Waals surface area (Å²) < 4.78 is 17.9. The minimum Gasteiger partial charge on any atom is -0.491 e. The van der Waals surface area contributed by atoms with Gasteiger partial charge in [-0.1, -0.05) is 0 Å². The lowest BCUT2D eigenvalue weighted by Gasteiger charge is -2.17. The number of hydrogen-bond acceptors (Lipinski definition) is 3. The fourth-order valence-corrected chi connectivity index (χ4v) is 1.92. The molecule has 3 nitrogen and oxygen atoms in total. The van der Waals surface area contributed by atoms with Gasteiger partial charge in [-0.25, -0.2) is 0 Å². The highest BCUT2D eigenvalue weighted by Crippen LogP contribution is 2.23. The Kier molecular flexibility index (Phi) is 3.71. The van der Waals surface area contributed by atoms with Crippen LogP contribution in [0.2, 0.25) is 0 Å². The fraction of sp³-hybridized carbons (Fsp3) is 0.500. The van der Waals surface area contributed by atoms with Crippen LogP contribution in [0.3, 0.4) is 0 Å². The van der Waals surface area contributed by atoms with Crippen LogP contribution in [-0.2, 0) is 9.47 Å². The Balaban J connectivity index is 1.82. The molecule has 2 rings (SSSR count). The largest absolute Gasteiger partial charge is 0.491 e. The smallest absolute Gasteiger partial charge is 0.163 e. The van der Waals surface area contributed by atoms with Crippen molar-refractivity contribution in [2.75, 3.05) is 13.2 Å². The van der Waals surface area contributed by atoms with E-state index in [4.69, 9.17) is 14.2 Å². The van der Waals surface area contributed by atoms with Gasteiger partial charge in [0.2, 0.25) is 0 Å². The van der Waals surface area contributed by atoms with E-state index in [0.29, 0.717) is 13.2 Å². The van der Waals surface area contributed by atoms with Crippen molar-refractivity contribution in [1.29, 1.82) is 0 Å². The molecule has 0 aliphatic carbocycles. The molecular formula is C12H15IO3. The third-order valence-corrected chi connectivity index (χ3v) is 3.04. The molecule has 88 valence electrons. The molecular weight excluding hydrogens is 319 g/mol. The highest BCUT2D eigenvalue weighted by atomic mass is 127. The summed E-state index contributed by atoms with van der Waals surface area (Å²) in [6, 6.07) is 7.96. The van der Waals surface area contributed by atoms with Crippen LogP contribution in [0, 0.1) is 3.57 Å². The van der Waals surface area contributed by atoms with E-state index in [1.54, 1.807) is 0 Å². The summed E-state index contributed by atoms with van der Waals surface area (Å²) in [5.74, 6) is 0.397. The van der Waals surface area contributed by atoms with Crippen LogP contribution >= 0.6 is 22.6 Å². The van der Waals surface area contributed by atoms with Gasteiger partial charge < -0.3 is 14.2 Å². The minimum absolute atomic E-state index is 0.0225. The van der Waals surface area contributed by atoms with E-state index in [1.165, 1.54) is 3.57 Å². The summed E-state index contributed by atoms with van der Waals surface area (Å²) in [6.07, 6.45) is 0.0225. The zero-order valence-electron chi connectivity index (χ0n) is 9.40. The molecule has 1 aliphatic rings. The average Bonchev–Trinajstić information content (AvgIpc) is 2.58. The normalized spacial score (nSPS) is 23.3. The molecule has 0 aromatic heterocycles. The van der Waals surface area contributed by atoms with Gasteiger partial charge in [-0.2, -0.15) is 0 Å². The quantitative estimate of drug-likeness (QED) is 0.796. The van der Waals surface area contributed by atoms with E-state index in [0.717, 1.165) is 5.75 Å². The monoisotopic (exact) mass is 334 g/mol. The lowest BCUT2D eigenvalue weighted by molar-refractivity contribution is -0.141. The minimum atomic E-state index is -0.472. The second-order valence-corrected chi connectivity index (χ2v) is 5.46. The second-order valence-electron chi connectivity index (χ2n) is 4.22. The van der Waals surface area contributed by atoms with Crippen molar-refractivity contribution in [3.63, 3.8) is 0 Å². The SMILES string of the molecule is CC1(C)OCC(COc2ccc(I)cc2)O1. The molecule has 1 aliphatic heterocycles. The van der Waals surface area contributed by atoms with Crippen LogP contribution in [0.15, 0.2) is 24.3 Å². The molecule has 0 N–H and O–H groups in total. The second kappa shape index (κ2) is 4.89. The molecule has 16 heavy (non-hydrogen) atoms. The number of benzene rings is 1. The Bertz CT molecular complexity index is 348. The van der Waals surface area contributed by atoms with Crippen molar-refractivity contribution in [1.82, 2.24) is 0 Å². The maximum Gasteiger partial charge on any atom is 0.163 e. The third kappa shape index (κ3) is 3.33. The molecule has 0 radical (unpaired) electrons. The molecule has 1 aromatic rings. The summed E-state index contributed by atoms with van der Waals surface area (Å²) in [7, 11) is 0. The van der Waals surface area contributed by atoms with Crippen LogP contribution in [-0.4, -0.2) is 25.1 Å². The van der Waals surface area contributed by atoms with E-state index in [-0.39, 0.29) is 6.10 Å². The van der Waals surface area contributed by atoms with Gasteiger partial charge in [0.1, 0.15) is 18.5 Å². The molecule has 0 amide bonds. The van der Waals surface area contributed by atoms with Crippen LogP contribution in [0.25, 0.3) is 0 Å². The van der Waals surface area contributed by atoms with Crippen molar-refractivity contribution in [3.8, 4) is 5.75 Å². The molecule has 1 aromatic carbocycles. The average molecular weight is 334 g/mol. The van der Waals surface area contributed by atoms with Gasteiger partial charge >= 0.3 is 0 Å². The molecule has 4 heteroatoms. The first-order valence-electron chi connectivity index (χ1n) is 5.25. The van der Waals surface area contributed by atoms with Crippen LogP contribution < -0.4 is 4.74 Å². The van der Waals surface area contributed by atoms with E-state index < -0.39 is 5.79 Å². The number of ether oxygens (including phenoxy) is 3. The maximum atomic E-state index is 5.65. The highest BCUT2D eigenvalue weighted by Gasteiger charge is 2.32. The number of halogens is 1. The van der Waals surface area contributed by atoms with E-state index in [9.17, 15) is 0 Å². The summed E-state index contributed by atoms with van der Waals surface area (Å²) in [4.78, 5) is 0. The zero-order chi connectivity index (χ0) is 11.6.